The Kier molecular flexibility index (Phi) is 3.70. The molecule has 0 aromatic carbocycles. The second-order valence-electron chi connectivity index (χ2n) is 2.24. The average Bonchev–Trinajstić information content (AvgIpc) is 2.09. The second kappa shape index (κ2) is 4.85. The van der Waals surface area contributed by atoms with Crippen molar-refractivity contribution in [3.63, 3.8) is 0 Å². The molecule has 0 saturated carbocycles. The maximum absolute atomic E-state index is 5.60. The fourth-order valence-electron chi connectivity index (χ4n) is 0.708. The molecule has 0 spiro atoms. The maximum Gasteiger partial charge on any atom is 0.129 e. The largest absolute Gasteiger partial charge is 0.329 e. The molecule has 1 rings (SSSR count). The molecule has 1 aromatic rings. The van der Waals surface area contributed by atoms with Crippen molar-refractivity contribution in [3.05, 3.63) is 29.0 Å². The van der Waals surface area contributed by atoms with Gasteiger partial charge in [0.25, 0.3) is 0 Å². The fraction of sp³-hybridized carbons (Fsp3) is 0.250. The summed E-state index contributed by atoms with van der Waals surface area (Å²) in [6.45, 7) is 1.21. The molecule has 1 heterocycles. The molecule has 4 heteroatoms. The maximum atomic E-state index is 5.60. The standard InChI is InChI=1S/C8H10ClN3/c9-8-2-1-7(6-12-8)5-11-4-3-10/h1-2,5-6H,3-4,10H2. The smallest absolute Gasteiger partial charge is 0.129 e. The molecule has 12 heavy (non-hydrogen) atoms. The van der Waals surface area contributed by atoms with Crippen molar-refractivity contribution in [3.8, 4) is 0 Å². The van der Waals surface area contributed by atoms with Crippen molar-refractivity contribution < 1.29 is 0 Å². The lowest BCUT2D eigenvalue weighted by atomic mass is 10.3. The van der Waals surface area contributed by atoms with E-state index in [1.54, 1.807) is 18.5 Å². The number of aromatic nitrogens is 1. The van der Waals surface area contributed by atoms with Gasteiger partial charge in [0, 0.05) is 24.5 Å². The Morgan fingerprint density at radius 2 is 2.42 bits per heavy atom. The van der Waals surface area contributed by atoms with Crippen LogP contribution < -0.4 is 5.73 Å². The highest BCUT2D eigenvalue weighted by Crippen LogP contribution is 2.02. The Balaban J connectivity index is 2.58. The van der Waals surface area contributed by atoms with Gasteiger partial charge in [0.05, 0.1) is 6.54 Å². The molecule has 0 saturated heterocycles. The summed E-state index contributed by atoms with van der Waals surface area (Å²) in [7, 11) is 0. The minimum atomic E-state index is 0.492. The lowest BCUT2D eigenvalue weighted by molar-refractivity contribution is 0.980. The third kappa shape index (κ3) is 2.98. The predicted octanol–water partition coefficient (Wildman–Crippen LogP) is 1.11. The Hall–Kier alpha value is -0.930. The number of nitrogens with two attached hydrogens (primary N) is 1. The molecule has 0 amide bonds. The molecule has 0 fully saturated rings. The highest BCUT2D eigenvalue weighted by atomic mass is 35.5. The third-order valence-electron chi connectivity index (χ3n) is 1.25. The van der Waals surface area contributed by atoms with E-state index < -0.39 is 0 Å². The summed E-state index contributed by atoms with van der Waals surface area (Å²) in [6.07, 6.45) is 3.40. The molecule has 2 N–H and O–H groups in total. The predicted molar refractivity (Wildman–Crippen MR) is 50.8 cm³/mol. The van der Waals surface area contributed by atoms with Crippen LogP contribution in [0.1, 0.15) is 5.56 Å². The quantitative estimate of drug-likeness (QED) is 0.564. The third-order valence-corrected chi connectivity index (χ3v) is 1.47. The SMILES string of the molecule is NCCN=Cc1ccc(Cl)nc1. The zero-order chi connectivity index (χ0) is 8.81. The van der Waals surface area contributed by atoms with Crippen LogP contribution in [0, 0.1) is 0 Å². The van der Waals surface area contributed by atoms with Gasteiger partial charge in [-0.05, 0) is 12.1 Å². The molecular formula is C8H10ClN3. The molecule has 0 aliphatic heterocycles. The van der Waals surface area contributed by atoms with E-state index in [-0.39, 0.29) is 0 Å². The molecule has 0 unspecified atom stereocenters. The summed E-state index contributed by atoms with van der Waals surface area (Å²) < 4.78 is 0. The highest BCUT2D eigenvalue weighted by molar-refractivity contribution is 6.29. The minimum absolute atomic E-state index is 0.492. The molecule has 3 nitrogen and oxygen atoms in total. The van der Waals surface area contributed by atoms with Crippen LogP contribution in [0.2, 0.25) is 5.15 Å². The van der Waals surface area contributed by atoms with E-state index in [9.17, 15) is 0 Å². The summed E-state index contributed by atoms with van der Waals surface area (Å²) in [5.41, 5.74) is 6.20. The van der Waals surface area contributed by atoms with Gasteiger partial charge in [-0.15, -0.1) is 0 Å². The van der Waals surface area contributed by atoms with Crippen LogP contribution in [0.25, 0.3) is 0 Å². The molecule has 0 aliphatic rings. The van der Waals surface area contributed by atoms with E-state index in [0.29, 0.717) is 18.2 Å². The number of halogens is 1. The summed E-state index contributed by atoms with van der Waals surface area (Å²) in [5, 5.41) is 0.492. The van der Waals surface area contributed by atoms with E-state index in [1.807, 2.05) is 6.07 Å². The molecule has 0 bridgehead atoms. The summed E-state index contributed by atoms with van der Waals surface area (Å²) in [4.78, 5) is 7.96. The normalized spacial score (nSPS) is 10.8. The number of rotatable bonds is 3. The zero-order valence-electron chi connectivity index (χ0n) is 6.57. The number of pyridine rings is 1. The van der Waals surface area contributed by atoms with E-state index in [0.717, 1.165) is 5.56 Å². The molecule has 1 aromatic heterocycles. The monoisotopic (exact) mass is 183 g/mol. The number of hydrogen-bond donors (Lipinski definition) is 1. The van der Waals surface area contributed by atoms with Crippen molar-refractivity contribution in [2.45, 2.75) is 0 Å². The Labute approximate surface area is 76.3 Å². The van der Waals surface area contributed by atoms with Crippen LogP contribution in [0.5, 0.6) is 0 Å². The van der Waals surface area contributed by atoms with Crippen LogP contribution in [-0.2, 0) is 0 Å². The van der Waals surface area contributed by atoms with Crippen LogP contribution in [0.4, 0.5) is 0 Å². The van der Waals surface area contributed by atoms with E-state index in [2.05, 4.69) is 9.98 Å². The van der Waals surface area contributed by atoms with Crippen molar-refractivity contribution >= 4 is 17.8 Å². The first-order valence-corrected chi connectivity index (χ1v) is 4.02. The van der Waals surface area contributed by atoms with Crippen molar-refractivity contribution in [2.24, 2.45) is 10.7 Å². The lowest BCUT2D eigenvalue weighted by Gasteiger charge is -1.91. The highest BCUT2D eigenvalue weighted by Gasteiger charge is 1.88. The molecule has 64 valence electrons. The summed E-state index contributed by atoms with van der Waals surface area (Å²) in [6, 6.07) is 3.58. The van der Waals surface area contributed by atoms with E-state index in [1.165, 1.54) is 0 Å². The van der Waals surface area contributed by atoms with Gasteiger partial charge in [0.2, 0.25) is 0 Å². The van der Waals surface area contributed by atoms with E-state index in [4.69, 9.17) is 17.3 Å². The fourth-order valence-corrected chi connectivity index (χ4v) is 0.820. The van der Waals surface area contributed by atoms with Gasteiger partial charge in [0.15, 0.2) is 0 Å². The van der Waals surface area contributed by atoms with Gasteiger partial charge in [-0.3, -0.25) is 4.99 Å². The van der Waals surface area contributed by atoms with Crippen molar-refractivity contribution in [1.29, 1.82) is 0 Å². The van der Waals surface area contributed by atoms with Gasteiger partial charge in [-0.2, -0.15) is 0 Å². The topological polar surface area (TPSA) is 51.3 Å². The van der Waals surface area contributed by atoms with Crippen LogP contribution in [0.15, 0.2) is 23.3 Å². The Bertz CT molecular complexity index is 256. The van der Waals surface area contributed by atoms with Gasteiger partial charge < -0.3 is 5.73 Å². The summed E-state index contributed by atoms with van der Waals surface area (Å²) >= 11 is 5.60. The molecule has 0 radical (unpaired) electrons. The molecular weight excluding hydrogens is 174 g/mol. The van der Waals surface area contributed by atoms with E-state index >= 15 is 0 Å². The van der Waals surface area contributed by atoms with Crippen LogP contribution in [0.3, 0.4) is 0 Å². The average molecular weight is 184 g/mol. The molecule has 0 aliphatic carbocycles. The first kappa shape index (κ1) is 9.16. The Morgan fingerprint density at radius 3 is 3.00 bits per heavy atom. The first-order valence-electron chi connectivity index (χ1n) is 3.64. The number of aliphatic imine (C=N–C) groups is 1. The van der Waals surface area contributed by atoms with Crippen molar-refractivity contribution in [2.75, 3.05) is 13.1 Å². The number of hydrogen-bond acceptors (Lipinski definition) is 3. The van der Waals surface area contributed by atoms with Gasteiger partial charge in [0.1, 0.15) is 5.15 Å². The zero-order valence-corrected chi connectivity index (χ0v) is 7.33. The van der Waals surface area contributed by atoms with Crippen LogP contribution >= 0.6 is 11.6 Å². The lowest BCUT2D eigenvalue weighted by Crippen LogP contribution is -2.02. The number of nitrogens with zero attached hydrogens (tertiary/aromatic N) is 2. The van der Waals surface area contributed by atoms with Gasteiger partial charge in [-0.1, -0.05) is 11.6 Å². The van der Waals surface area contributed by atoms with Gasteiger partial charge >= 0.3 is 0 Å². The van der Waals surface area contributed by atoms with Gasteiger partial charge in [-0.25, -0.2) is 4.98 Å². The first-order chi connectivity index (χ1) is 5.83. The van der Waals surface area contributed by atoms with Crippen molar-refractivity contribution in [1.82, 2.24) is 4.98 Å². The second-order valence-corrected chi connectivity index (χ2v) is 2.63. The Morgan fingerprint density at radius 1 is 1.58 bits per heavy atom. The molecule has 0 atom stereocenters. The van der Waals surface area contributed by atoms with Crippen LogP contribution in [-0.4, -0.2) is 24.3 Å². The summed E-state index contributed by atoms with van der Waals surface area (Å²) in [5.74, 6) is 0. The minimum Gasteiger partial charge on any atom is -0.329 e.